The molecule has 100 valence electrons. The molecule has 0 unspecified atom stereocenters. The SMILES string of the molecule is Nc1c(C(=O)Nc2ccccc2I)sc2ccccc12. The van der Waals surface area contributed by atoms with Gasteiger partial charge in [0, 0.05) is 13.7 Å². The van der Waals surface area contributed by atoms with Crippen molar-refractivity contribution in [1.82, 2.24) is 0 Å². The number of nitrogens with one attached hydrogen (secondary N) is 1. The number of nitrogens with two attached hydrogens (primary N) is 1. The van der Waals surface area contributed by atoms with Gasteiger partial charge in [-0.15, -0.1) is 11.3 Å². The molecule has 0 saturated carbocycles. The van der Waals surface area contributed by atoms with E-state index in [9.17, 15) is 4.79 Å². The van der Waals surface area contributed by atoms with Gasteiger partial charge in [0.1, 0.15) is 4.88 Å². The fraction of sp³-hybridized carbons (Fsp3) is 0. The van der Waals surface area contributed by atoms with Crippen molar-refractivity contribution in [3.8, 4) is 0 Å². The van der Waals surface area contributed by atoms with E-state index >= 15 is 0 Å². The van der Waals surface area contributed by atoms with Crippen molar-refractivity contribution < 1.29 is 4.79 Å². The molecule has 2 aromatic carbocycles. The minimum absolute atomic E-state index is 0.159. The van der Waals surface area contributed by atoms with Crippen LogP contribution in [0.4, 0.5) is 11.4 Å². The third-order valence-electron chi connectivity index (χ3n) is 2.96. The number of rotatable bonds is 2. The van der Waals surface area contributed by atoms with Crippen molar-refractivity contribution in [2.24, 2.45) is 0 Å². The Balaban J connectivity index is 1.97. The van der Waals surface area contributed by atoms with Crippen molar-refractivity contribution in [3.05, 3.63) is 57.0 Å². The molecule has 0 aliphatic rings. The summed E-state index contributed by atoms with van der Waals surface area (Å²) in [7, 11) is 0. The first-order valence-corrected chi connectivity index (χ1v) is 7.89. The Labute approximate surface area is 133 Å². The smallest absolute Gasteiger partial charge is 0.267 e. The predicted molar refractivity (Wildman–Crippen MR) is 93.3 cm³/mol. The van der Waals surface area contributed by atoms with E-state index < -0.39 is 0 Å². The highest BCUT2D eigenvalue weighted by molar-refractivity contribution is 14.1. The van der Waals surface area contributed by atoms with Crippen LogP contribution in [0.15, 0.2) is 48.5 Å². The number of fused-ring (bicyclic) bond motifs is 1. The van der Waals surface area contributed by atoms with Crippen LogP contribution in [-0.2, 0) is 0 Å². The number of anilines is 2. The number of carbonyl (C=O) groups excluding carboxylic acids is 1. The fourth-order valence-electron chi connectivity index (χ4n) is 1.98. The molecule has 0 atom stereocenters. The minimum Gasteiger partial charge on any atom is -0.397 e. The number of benzene rings is 2. The highest BCUT2D eigenvalue weighted by Gasteiger charge is 2.16. The fourth-order valence-corrected chi connectivity index (χ4v) is 3.52. The van der Waals surface area contributed by atoms with E-state index in [2.05, 4.69) is 27.9 Å². The lowest BCUT2D eigenvalue weighted by atomic mass is 10.2. The number of hydrogen-bond acceptors (Lipinski definition) is 3. The number of thiophene rings is 1. The Morgan fingerprint density at radius 3 is 2.55 bits per heavy atom. The summed E-state index contributed by atoms with van der Waals surface area (Å²) in [6.07, 6.45) is 0. The highest BCUT2D eigenvalue weighted by atomic mass is 127. The topological polar surface area (TPSA) is 55.1 Å². The molecule has 1 aromatic heterocycles. The summed E-state index contributed by atoms with van der Waals surface area (Å²) >= 11 is 3.61. The Bertz CT molecular complexity index is 797. The van der Waals surface area contributed by atoms with Gasteiger partial charge < -0.3 is 11.1 Å². The summed E-state index contributed by atoms with van der Waals surface area (Å²) in [4.78, 5) is 12.9. The first kappa shape index (κ1) is 13.4. The van der Waals surface area contributed by atoms with Crippen molar-refractivity contribution in [3.63, 3.8) is 0 Å². The zero-order valence-corrected chi connectivity index (χ0v) is 13.4. The van der Waals surface area contributed by atoms with Crippen molar-refractivity contribution in [2.75, 3.05) is 11.1 Å². The normalized spacial score (nSPS) is 10.7. The lowest BCUT2D eigenvalue weighted by Crippen LogP contribution is -2.12. The van der Waals surface area contributed by atoms with Gasteiger partial charge in [-0.05, 0) is 40.8 Å². The Morgan fingerprint density at radius 1 is 1.10 bits per heavy atom. The van der Waals surface area contributed by atoms with Crippen LogP contribution in [0.5, 0.6) is 0 Å². The molecule has 3 rings (SSSR count). The van der Waals surface area contributed by atoms with E-state index in [0.29, 0.717) is 10.6 Å². The molecule has 0 fully saturated rings. The molecular weight excluding hydrogens is 383 g/mol. The maximum absolute atomic E-state index is 12.4. The van der Waals surface area contributed by atoms with Gasteiger partial charge in [-0.25, -0.2) is 0 Å². The molecule has 3 N–H and O–H groups in total. The summed E-state index contributed by atoms with van der Waals surface area (Å²) in [5, 5.41) is 3.85. The van der Waals surface area contributed by atoms with Gasteiger partial charge in [-0.1, -0.05) is 30.3 Å². The molecule has 1 amide bonds. The largest absolute Gasteiger partial charge is 0.397 e. The lowest BCUT2D eigenvalue weighted by Gasteiger charge is -2.06. The summed E-state index contributed by atoms with van der Waals surface area (Å²) in [5.41, 5.74) is 7.43. The highest BCUT2D eigenvalue weighted by Crippen LogP contribution is 2.34. The Kier molecular flexibility index (Phi) is 3.62. The molecule has 0 bridgehead atoms. The van der Waals surface area contributed by atoms with Crippen LogP contribution in [0.3, 0.4) is 0 Å². The quantitative estimate of drug-likeness (QED) is 0.636. The van der Waals surface area contributed by atoms with Crippen LogP contribution in [-0.4, -0.2) is 5.91 Å². The molecule has 1 heterocycles. The molecule has 5 heteroatoms. The van der Waals surface area contributed by atoms with Crippen LogP contribution in [0, 0.1) is 3.57 Å². The minimum atomic E-state index is -0.159. The first-order chi connectivity index (χ1) is 9.66. The van der Waals surface area contributed by atoms with Crippen LogP contribution >= 0.6 is 33.9 Å². The van der Waals surface area contributed by atoms with Crippen LogP contribution in [0.1, 0.15) is 9.67 Å². The zero-order valence-electron chi connectivity index (χ0n) is 10.4. The summed E-state index contributed by atoms with van der Waals surface area (Å²) in [6.45, 7) is 0. The summed E-state index contributed by atoms with van der Waals surface area (Å²) in [5.74, 6) is -0.159. The van der Waals surface area contributed by atoms with E-state index in [1.807, 2.05) is 48.5 Å². The van der Waals surface area contributed by atoms with Crippen molar-refractivity contribution in [1.29, 1.82) is 0 Å². The summed E-state index contributed by atoms with van der Waals surface area (Å²) in [6, 6.07) is 15.4. The van der Waals surface area contributed by atoms with Gasteiger partial charge in [0.15, 0.2) is 0 Å². The standard InChI is InChI=1S/C15H11IN2OS/c16-10-6-2-3-7-11(10)18-15(19)14-13(17)9-5-1-4-8-12(9)20-14/h1-8H,17H2,(H,18,19). The van der Waals surface area contributed by atoms with E-state index in [1.165, 1.54) is 11.3 Å². The van der Waals surface area contributed by atoms with Gasteiger partial charge in [-0.2, -0.15) is 0 Å². The van der Waals surface area contributed by atoms with Gasteiger partial charge in [0.25, 0.3) is 5.91 Å². The molecule has 3 nitrogen and oxygen atoms in total. The van der Waals surface area contributed by atoms with Crippen LogP contribution in [0.2, 0.25) is 0 Å². The maximum Gasteiger partial charge on any atom is 0.267 e. The van der Waals surface area contributed by atoms with Crippen molar-refractivity contribution >= 4 is 61.3 Å². The number of halogens is 1. The maximum atomic E-state index is 12.4. The molecular formula is C15H11IN2OS. The van der Waals surface area contributed by atoms with E-state index in [4.69, 9.17) is 5.73 Å². The average molecular weight is 394 g/mol. The molecule has 0 radical (unpaired) electrons. The molecule has 3 aromatic rings. The molecule has 0 aliphatic carbocycles. The molecule has 0 saturated heterocycles. The van der Waals surface area contributed by atoms with Gasteiger partial charge in [0.2, 0.25) is 0 Å². The van der Waals surface area contributed by atoms with Crippen LogP contribution in [0.25, 0.3) is 10.1 Å². The number of nitrogen functional groups attached to an aromatic ring is 1. The van der Waals surface area contributed by atoms with E-state index in [0.717, 1.165) is 19.3 Å². The monoisotopic (exact) mass is 394 g/mol. The molecule has 0 spiro atoms. The zero-order chi connectivity index (χ0) is 14.1. The number of amides is 1. The third kappa shape index (κ3) is 2.38. The van der Waals surface area contributed by atoms with Gasteiger partial charge in [-0.3, -0.25) is 4.79 Å². The second-order valence-corrected chi connectivity index (χ2v) is 6.49. The van der Waals surface area contributed by atoms with Crippen molar-refractivity contribution in [2.45, 2.75) is 0 Å². The molecule has 0 aliphatic heterocycles. The lowest BCUT2D eigenvalue weighted by molar-refractivity contribution is 0.103. The first-order valence-electron chi connectivity index (χ1n) is 5.99. The number of carbonyl (C=O) groups is 1. The summed E-state index contributed by atoms with van der Waals surface area (Å²) < 4.78 is 2.02. The van der Waals surface area contributed by atoms with Gasteiger partial charge >= 0.3 is 0 Å². The molecule has 20 heavy (non-hydrogen) atoms. The third-order valence-corrected chi connectivity index (χ3v) is 5.09. The predicted octanol–water partition coefficient (Wildman–Crippen LogP) is 4.34. The van der Waals surface area contributed by atoms with Gasteiger partial charge in [0.05, 0.1) is 11.4 Å². The Hall–Kier alpha value is -1.60. The van der Waals surface area contributed by atoms with E-state index in [-0.39, 0.29) is 5.91 Å². The number of para-hydroxylation sites is 1. The second kappa shape index (κ2) is 5.41. The second-order valence-electron chi connectivity index (χ2n) is 4.27. The van der Waals surface area contributed by atoms with Crippen LogP contribution < -0.4 is 11.1 Å². The Morgan fingerprint density at radius 2 is 1.80 bits per heavy atom. The average Bonchev–Trinajstić information content (AvgIpc) is 2.79. The van der Waals surface area contributed by atoms with E-state index in [1.54, 1.807) is 0 Å². The number of hydrogen-bond donors (Lipinski definition) is 2.